The molecule has 8 heteroatoms. The first kappa shape index (κ1) is 19.4. The van der Waals surface area contributed by atoms with Crippen LogP contribution in [0, 0.1) is 11.6 Å². The number of amides is 1. The molecule has 0 atom stereocenters. The highest BCUT2D eigenvalue weighted by Crippen LogP contribution is 2.22. The highest BCUT2D eigenvalue weighted by molar-refractivity contribution is 6.31. The number of nitrogens with zero attached hydrogens (tertiary/aromatic N) is 1. The number of halogens is 3. The molecule has 5 nitrogen and oxygen atoms in total. The Labute approximate surface area is 154 Å². The van der Waals surface area contributed by atoms with Crippen molar-refractivity contribution in [3.05, 3.63) is 76.5 Å². The van der Waals surface area contributed by atoms with Crippen LogP contribution in [-0.4, -0.2) is 18.9 Å². The zero-order valence-electron chi connectivity index (χ0n) is 13.8. The van der Waals surface area contributed by atoms with Crippen LogP contribution < -0.4 is 15.8 Å². The second-order valence-electron chi connectivity index (χ2n) is 5.11. The van der Waals surface area contributed by atoms with Gasteiger partial charge in [-0.3, -0.25) is 4.79 Å². The highest BCUT2D eigenvalue weighted by Gasteiger charge is 2.16. The molecule has 1 amide bonds. The Bertz CT molecular complexity index is 849. The largest absolute Gasteiger partial charge is 0.497 e. The number of carbonyl (C=O) groups excluding carboxylic acids is 1. The lowest BCUT2D eigenvalue weighted by Crippen LogP contribution is -2.15. The molecule has 2 rings (SSSR count). The normalized spacial score (nSPS) is 11.6. The van der Waals surface area contributed by atoms with E-state index in [1.807, 2.05) is 0 Å². The number of benzene rings is 2. The third-order valence-electron chi connectivity index (χ3n) is 3.33. The summed E-state index contributed by atoms with van der Waals surface area (Å²) in [5.74, 6) is -2.65. The van der Waals surface area contributed by atoms with Gasteiger partial charge in [0.1, 0.15) is 28.8 Å². The number of carbonyl (C=O) groups is 1. The van der Waals surface area contributed by atoms with Crippen molar-refractivity contribution in [1.82, 2.24) is 5.32 Å². The summed E-state index contributed by atoms with van der Waals surface area (Å²) in [7, 11) is 1.54. The second kappa shape index (κ2) is 8.96. The predicted molar refractivity (Wildman–Crippen MR) is 96.3 cm³/mol. The number of methoxy groups -OCH3 is 1. The number of rotatable bonds is 6. The molecule has 2 aromatic carbocycles. The molecule has 0 aliphatic heterocycles. The minimum atomic E-state index is -1.10. The number of hydrogen-bond donors (Lipinski definition) is 2. The number of ether oxygens (including phenoxy) is 1. The van der Waals surface area contributed by atoms with Crippen LogP contribution in [0.25, 0.3) is 0 Å². The van der Waals surface area contributed by atoms with E-state index in [0.29, 0.717) is 17.3 Å². The fraction of sp³-hybridized carbons (Fsp3) is 0.111. The van der Waals surface area contributed by atoms with Crippen LogP contribution in [0.15, 0.2) is 53.7 Å². The number of nitrogens with two attached hydrogens (primary N) is 1. The number of nitrogens with one attached hydrogen (secondary N) is 1. The maximum absolute atomic E-state index is 13.5. The van der Waals surface area contributed by atoms with Crippen LogP contribution in [-0.2, 0) is 6.54 Å². The molecule has 0 aliphatic rings. The molecule has 0 heterocycles. The van der Waals surface area contributed by atoms with Crippen molar-refractivity contribution in [1.29, 1.82) is 0 Å². The van der Waals surface area contributed by atoms with Crippen molar-refractivity contribution >= 4 is 23.3 Å². The molecule has 0 spiro atoms. The SMILES string of the molecule is COc1ccc(CN/C=C\C(N)=NC(=O)c2c(F)cccc2F)c(Cl)c1. The van der Waals surface area contributed by atoms with Gasteiger partial charge in [-0.05, 0) is 35.9 Å². The molecule has 0 fully saturated rings. The average molecular weight is 380 g/mol. The van der Waals surface area contributed by atoms with Gasteiger partial charge in [0.05, 0.1) is 7.11 Å². The van der Waals surface area contributed by atoms with Crippen LogP contribution in [0.2, 0.25) is 5.02 Å². The summed E-state index contributed by atoms with van der Waals surface area (Å²) in [4.78, 5) is 15.3. The third kappa shape index (κ3) is 5.03. The van der Waals surface area contributed by atoms with Crippen LogP contribution in [0.4, 0.5) is 8.78 Å². The molecule has 0 bridgehead atoms. The third-order valence-corrected chi connectivity index (χ3v) is 3.68. The van der Waals surface area contributed by atoms with Gasteiger partial charge in [0.15, 0.2) is 0 Å². The summed E-state index contributed by atoms with van der Waals surface area (Å²) < 4.78 is 32.1. The van der Waals surface area contributed by atoms with Crippen LogP contribution >= 0.6 is 11.6 Å². The summed E-state index contributed by atoms with van der Waals surface area (Å²) in [6.45, 7) is 0.391. The molecular formula is C18H16ClF2N3O2. The van der Waals surface area contributed by atoms with Gasteiger partial charge in [-0.2, -0.15) is 4.99 Å². The van der Waals surface area contributed by atoms with Crippen LogP contribution in [0.3, 0.4) is 0 Å². The number of hydrogen-bond acceptors (Lipinski definition) is 3. The summed E-state index contributed by atoms with van der Waals surface area (Å²) in [6, 6.07) is 8.34. The Morgan fingerprint density at radius 3 is 2.62 bits per heavy atom. The van der Waals surface area contributed by atoms with E-state index in [-0.39, 0.29) is 5.84 Å². The molecule has 3 N–H and O–H groups in total. The van der Waals surface area contributed by atoms with Gasteiger partial charge < -0.3 is 15.8 Å². The lowest BCUT2D eigenvalue weighted by molar-refractivity contribution is 0.0995. The molecule has 0 unspecified atom stereocenters. The molecule has 2 aromatic rings. The minimum Gasteiger partial charge on any atom is -0.497 e. The van der Waals surface area contributed by atoms with Gasteiger partial charge in [-0.1, -0.05) is 23.7 Å². The van der Waals surface area contributed by atoms with Gasteiger partial charge in [0, 0.05) is 17.8 Å². The van der Waals surface area contributed by atoms with Crippen molar-refractivity contribution in [2.75, 3.05) is 7.11 Å². The molecule has 26 heavy (non-hydrogen) atoms. The predicted octanol–water partition coefficient (Wildman–Crippen LogP) is 3.43. The van der Waals surface area contributed by atoms with Crippen molar-refractivity contribution in [3.63, 3.8) is 0 Å². The molecule has 0 aliphatic carbocycles. The lowest BCUT2D eigenvalue weighted by Gasteiger charge is -2.06. The Kier molecular flexibility index (Phi) is 6.68. The summed E-state index contributed by atoms with van der Waals surface area (Å²) in [5.41, 5.74) is 5.64. The van der Waals surface area contributed by atoms with E-state index in [0.717, 1.165) is 23.8 Å². The van der Waals surface area contributed by atoms with Gasteiger partial charge in [-0.15, -0.1) is 0 Å². The van der Waals surface area contributed by atoms with Gasteiger partial charge >= 0.3 is 0 Å². The first-order valence-electron chi connectivity index (χ1n) is 7.47. The van der Waals surface area contributed by atoms with Crippen molar-refractivity contribution in [2.45, 2.75) is 6.54 Å². The quantitative estimate of drug-likeness (QED) is 0.595. The van der Waals surface area contributed by atoms with E-state index >= 15 is 0 Å². The molecule has 0 saturated carbocycles. The van der Waals surface area contributed by atoms with E-state index in [9.17, 15) is 13.6 Å². The topological polar surface area (TPSA) is 76.7 Å². The Balaban J connectivity index is 1.97. The number of aliphatic imine (C=N–C) groups is 1. The zero-order valence-corrected chi connectivity index (χ0v) is 14.6. The first-order chi connectivity index (χ1) is 12.4. The molecular weight excluding hydrogens is 364 g/mol. The Morgan fingerprint density at radius 1 is 1.31 bits per heavy atom. The Morgan fingerprint density at radius 2 is 2.00 bits per heavy atom. The maximum Gasteiger partial charge on any atom is 0.284 e. The number of amidine groups is 1. The second-order valence-corrected chi connectivity index (χ2v) is 5.52. The minimum absolute atomic E-state index is 0.203. The summed E-state index contributed by atoms with van der Waals surface area (Å²) >= 11 is 6.11. The lowest BCUT2D eigenvalue weighted by atomic mass is 10.2. The van der Waals surface area contributed by atoms with Crippen LogP contribution in [0.5, 0.6) is 5.75 Å². The van der Waals surface area contributed by atoms with E-state index in [2.05, 4.69) is 10.3 Å². The fourth-order valence-electron chi connectivity index (χ4n) is 2.02. The summed E-state index contributed by atoms with van der Waals surface area (Å²) in [5, 5.41) is 3.45. The van der Waals surface area contributed by atoms with E-state index < -0.39 is 23.1 Å². The molecule has 136 valence electrons. The van der Waals surface area contributed by atoms with E-state index in [1.165, 1.54) is 12.3 Å². The molecule has 0 radical (unpaired) electrons. The van der Waals surface area contributed by atoms with Crippen molar-refractivity contribution in [3.8, 4) is 5.75 Å². The first-order valence-corrected chi connectivity index (χ1v) is 7.85. The molecule has 0 aromatic heterocycles. The van der Waals surface area contributed by atoms with Gasteiger partial charge in [-0.25, -0.2) is 8.78 Å². The summed E-state index contributed by atoms with van der Waals surface area (Å²) in [6.07, 6.45) is 2.75. The van der Waals surface area contributed by atoms with Gasteiger partial charge in [0.25, 0.3) is 5.91 Å². The maximum atomic E-state index is 13.5. The van der Waals surface area contributed by atoms with Crippen LogP contribution in [0.1, 0.15) is 15.9 Å². The molecule has 0 saturated heterocycles. The van der Waals surface area contributed by atoms with Crippen molar-refractivity contribution < 1.29 is 18.3 Å². The average Bonchev–Trinajstić information content (AvgIpc) is 2.59. The van der Waals surface area contributed by atoms with E-state index in [1.54, 1.807) is 25.3 Å². The highest BCUT2D eigenvalue weighted by atomic mass is 35.5. The standard InChI is InChI=1S/C18H16ClF2N3O2/c1-26-12-6-5-11(13(19)9-12)10-23-8-7-16(22)24-18(25)17-14(20)3-2-4-15(17)21/h2-9,23H,10H2,1H3,(H2,22,24,25)/b8-7-. The van der Waals surface area contributed by atoms with E-state index in [4.69, 9.17) is 22.1 Å². The zero-order chi connectivity index (χ0) is 19.1. The monoisotopic (exact) mass is 379 g/mol. The smallest absolute Gasteiger partial charge is 0.284 e. The fourth-order valence-corrected chi connectivity index (χ4v) is 2.26. The Hall–Kier alpha value is -2.93. The van der Waals surface area contributed by atoms with Crippen molar-refractivity contribution in [2.24, 2.45) is 10.7 Å². The van der Waals surface area contributed by atoms with Gasteiger partial charge in [0.2, 0.25) is 0 Å².